The monoisotopic (exact) mass is 468 g/mol. The summed E-state index contributed by atoms with van der Waals surface area (Å²) in [5, 5.41) is 6.76. The van der Waals surface area contributed by atoms with Gasteiger partial charge >= 0.3 is 0 Å². The van der Waals surface area contributed by atoms with Crippen LogP contribution in [-0.2, 0) is 9.47 Å². The highest BCUT2D eigenvalue weighted by Gasteiger charge is 2.23. The molecule has 1 atom stereocenters. The van der Waals surface area contributed by atoms with Crippen molar-refractivity contribution >= 4 is 29.9 Å². The van der Waals surface area contributed by atoms with Crippen LogP contribution in [0.1, 0.15) is 39.0 Å². The molecule has 1 heterocycles. The quantitative estimate of drug-likeness (QED) is 0.199. The van der Waals surface area contributed by atoms with Crippen LogP contribution in [0, 0.1) is 5.92 Å². The largest absolute Gasteiger partial charge is 0.383 e. The SMILES string of the molecule is CCNC(=NCC1CCCN1CCOC)NCCCOCC1CC1.I. The van der Waals surface area contributed by atoms with Gasteiger partial charge in [0, 0.05) is 46.0 Å². The van der Waals surface area contributed by atoms with Gasteiger partial charge in [0.15, 0.2) is 5.96 Å². The molecule has 0 aromatic carbocycles. The van der Waals surface area contributed by atoms with Gasteiger partial charge in [-0.2, -0.15) is 0 Å². The number of hydrogen-bond acceptors (Lipinski definition) is 4. The number of rotatable bonds is 12. The predicted octanol–water partition coefficient (Wildman–Crippen LogP) is 2.09. The maximum absolute atomic E-state index is 5.67. The molecule has 2 N–H and O–H groups in total. The fourth-order valence-corrected chi connectivity index (χ4v) is 3.06. The Morgan fingerprint density at radius 3 is 2.76 bits per heavy atom. The molecule has 7 heteroatoms. The normalized spacial score (nSPS) is 21.2. The van der Waals surface area contributed by atoms with Crippen LogP contribution in [0.3, 0.4) is 0 Å². The van der Waals surface area contributed by atoms with E-state index in [9.17, 15) is 0 Å². The molecule has 1 saturated heterocycles. The number of methoxy groups -OCH3 is 1. The topological polar surface area (TPSA) is 58.1 Å². The summed E-state index contributed by atoms with van der Waals surface area (Å²) in [7, 11) is 1.77. The average Bonchev–Trinajstić information content (AvgIpc) is 3.31. The zero-order valence-electron chi connectivity index (χ0n) is 16.0. The fraction of sp³-hybridized carbons (Fsp3) is 0.944. The molecule has 0 radical (unpaired) electrons. The van der Waals surface area contributed by atoms with Crippen LogP contribution in [0.4, 0.5) is 0 Å². The maximum atomic E-state index is 5.67. The lowest BCUT2D eigenvalue weighted by molar-refractivity contribution is 0.123. The number of hydrogen-bond donors (Lipinski definition) is 2. The van der Waals surface area contributed by atoms with Gasteiger partial charge in [0.05, 0.1) is 13.2 Å². The van der Waals surface area contributed by atoms with Gasteiger partial charge in [-0.3, -0.25) is 9.89 Å². The van der Waals surface area contributed by atoms with Crippen LogP contribution in [0.2, 0.25) is 0 Å². The van der Waals surface area contributed by atoms with Crippen molar-refractivity contribution in [2.24, 2.45) is 10.9 Å². The molecule has 148 valence electrons. The number of halogens is 1. The Labute approximate surface area is 170 Å². The molecule has 1 aliphatic heterocycles. The third-order valence-electron chi connectivity index (χ3n) is 4.69. The summed E-state index contributed by atoms with van der Waals surface area (Å²) in [5.41, 5.74) is 0. The number of ether oxygens (including phenoxy) is 2. The summed E-state index contributed by atoms with van der Waals surface area (Å²) in [6, 6.07) is 0.553. The molecular weight excluding hydrogens is 431 g/mol. The summed E-state index contributed by atoms with van der Waals surface area (Å²) >= 11 is 0. The Morgan fingerprint density at radius 1 is 1.20 bits per heavy atom. The minimum atomic E-state index is 0. The van der Waals surface area contributed by atoms with E-state index in [-0.39, 0.29) is 24.0 Å². The molecule has 6 nitrogen and oxygen atoms in total. The molecule has 0 amide bonds. The smallest absolute Gasteiger partial charge is 0.191 e. The van der Waals surface area contributed by atoms with Crippen molar-refractivity contribution in [1.82, 2.24) is 15.5 Å². The number of aliphatic imine (C=N–C) groups is 1. The molecule has 0 bridgehead atoms. The van der Waals surface area contributed by atoms with E-state index < -0.39 is 0 Å². The third-order valence-corrected chi connectivity index (χ3v) is 4.69. The molecule has 2 aliphatic rings. The van der Waals surface area contributed by atoms with Crippen LogP contribution in [0.25, 0.3) is 0 Å². The first kappa shape index (κ1) is 22.9. The molecule has 1 unspecified atom stereocenters. The average molecular weight is 468 g/mol. The van der Waals surface area contributed by atoms with Crippen LogP contribution in [-0.4, -0.2) is 76.6 Å². The van der Waals surface area contributed by atoms with Crippen molar-refractivity contribution in [2.75, 3.05) is 59.7 Å². The molecular formula is C18H37IN4O2. The fourth-order valence-electron chi connectivity index (χ4n) is 3.06. The Morgan fingerprint density at radius 2 is 2.04 bits per heavy atom. The highest BCUT2D eigenvalue weighted by atomic mass is 127. The van der Waals surface area contributed by atoms with E-state index in [0.717, 1.165) is 64.3 Å². The second kappa shape index (κ2) is 14.0. The van der Waals surface area contributed by atoms with Gasteiger partial charge in [-0.15, -0.1) is 24.0 Å². The van der Waals surface area contributed by atoms with Gasteiger partial charge in [0.25, 0.3) is 0 Å². The molecule has 0 aromatic heterocycles. The van der Waals surface area contributed by atoms with Crippen LogP contribution in [0.15, 0.2) is 4.99 Å². The first-order chi connectivity index (χ1) is 11.8. The standard InChI is InChI=1S/C18H36N4O2.HI/c1-3-19-18(20-9-5-12-24-15-16-7-8-16)21-14-17-6-4-10-22(17)11-13-23-2;/h16-17H,3-15H2,1-2H3,(H2,19,20,21);1H. The molecule has 0 aromatic rings. The van der Waals surface area contributed by atoms with Gasteiger partial charge in [-0.25, -0.2) is 0 Å². The minimum absolute atomic E-state index is 0. The van der Waals surface area contributed by atoms with E-state index in [1.54, 1.807) is 7.11 Å². The molecule has 25 heavy (non-hydrogen) atoms. The molecule has 1 aliphatic carbocycles. The van der Waals surface area contributed by atoms with E-state index >= 15 is 0 Å². The number of likely N-dealkylation sites (tertiary alicyclic amines) is 1. The van der Waals surface area contributed by atoms with Gasteiger partial charge in [0.1, 0.15) is 0 Å². The van der Waals surface area contributed by atoms with E-state index in [4.69, 9.17) is 14.5 Å². The lowest BCUT2D eigenvalue weighted by Gasteiger charge is -2.23. The number of nitrogens with zero attached hydrogens (tertiary/aromatic N) is 2. The lowest BCUT2D eigenvalue weighted by Crippen LogP contribution is -2.40. The van der Waals surface area contributed by atoms with Crippen LogP contribution < -0.4 is 10.6 Å². The summed E-state index contributed by atoms with van der Waals surface area (Å²) in [6.07, 6.45) is 6.25. The minimum Gasteiger partial charge on any atom is -0.383 e. The zero-order valence-corrected chi connectivity index (χ0v) is 18.3. The molecule has 2 fully saturated rings. The second-order valence-corrected chi connectivity index (χ2v) is 6.84. The first-order valence-corrected chi connectivity index (χ1v) is 9.66. The van der Waals surface area contributed by atoms with Gasteiger partial charge < -0.3 is 20.1 Å². The third kappa shape index (κ3) is 9.96. The van der Waals surface area contributed by atoms with Gasteiger partial charge in [-0.1, -0.05) is 0 Å². The summed E-state index contributed by atoms with van der Waals surface area (Å²) in [6.45, 7) is 9.55. The predicted molar refractivity (Wildman–Crippen MR) is 114 cm³/mol. The van der Waals surface area contributed by atoms with Gasteiger partial charge in [0.2, 0.25) is 0 Å². The second-order valence-electron chi connectivity index (χ2n) is 6.84. The Hall–Kier alpha value is -0.120. The summed E-state index contributed by atoms with van der Waals surface area (Å²) < 4.78 is 10.9. The molecule has 2 rings (SSSR count). The Kier molecular flexibility index (Phi) is 12.8. The van der Waals surface area contributed by atoms with Crippen LogP contribution >= 0.6 is 24.0 Å². The van der Waals surface area contributed by atoms with Crippen LogP contribution in [0.5, 0.6) is 0 Å². The Bertz CT molecular complexity index is 367. The maximum Gasteiger partial charge on any atom is 0.191 e. The summed E-state index contributed by atoms with van der Waals surface area (Å²) in [5.74, 6) is 1.78. The van der Waals surface area contributed by atoms with E-state index in [1.807, 2.05) is 0 Å². The van der Waals surface area contributed by atoms with E-state index in [1.165, 1.54) is 32.2 Å². The van der Waals surface area contributed by atoms with Crippen molar-refractivity contribution in [3.63, 3.8) is 0 Å². The van der Waals surface area contributed by atoms with E-state index in [2.05, 4.69) is 22.5 Å². The Balaban J connectivity index is 0.00000312. The lowest BCUT2D eigenvalue weighted by atomic mass is 10.2. The van der Waals surface area contributed by atoms with Crippen molar-refractivity contribution in [3.05, 3.63) is 0 Å². The molecule has 1 saturated carbocycles. The highest BCUT2D eigenvalue weighted by molar-refractivity contribution is 14.0. The van der Waals surface area contributed by atoms with Gasteiger partial charge in [-0.05, 0) is 51.5 Å². The highest BCUT2D eigenvalue weighted by Crippen LogP contribution is 2.28. The van der Waals surface area contributed by atoms with Crippen molar-refractivity contribution in [2.45, 2.75) is 45.1 Å². The summed E-state index contributed by atoms with van der Waals surface area (Å²) in [4.78, 5) is 7.28. The van der Waals surface area contributed by atoms with Crippen molar-refractivity contribution in [1.29, 1.82) is 0 Å². The van der Waals surface area contributed by atoms with Crippen molar-refractivity contribution in [3.8, 4) is 0 Å². The number of nitrogens with one attached hydrogen (secondary N) is 2. The molecule has 0 spiro atoms. The number of guanidine groups is 1. The first-order valence-electron chi connectivity index (χ1n) is 9.66. The zero-order chi connectivity index (χ0) is 17.0. The van der Waals surface area contributed by atoms with E-state index in [0.29, 0.717) is 6.04 Å². The van der Waals surface area contributed by atoms with Crippen molar-refractivity contribution < 1.29 is 9.47 Å².